The Labute approximate surface area is 232 Å². The van der Waals surface area contributed by atoms with Gasteiger partial charge in [-0.3, -0.25) is 19.3 Å². The van der Waals surface area contributed by atoms with Crippen molar-refractivity contribution < 1.29 is 39.5 Å². The highest BCUT2D eigenvalue weighted by molar-refractivity contribution is 6.24. The van der Waals surface area contributed by atoms with Gasteiger partial charge in [0, 0.05) is 35.2 Å². The van der Waals surface area contributed by atoms with E-state index in [1.807, 2.05) is 0 Å². The van der Waals surface area contributed by atoms with Crippen molar-refractivity contribution in [2.75, 3.05) is 21.2 Å². The van der Waals surface area contributed by atoms with Crippen LogP contribution >= 0.6 is 0 Å². The minimum absolute atomic E-state index is 0.0280. The van der Waals surface area contributed by atoms with Crippen LogP contribution in [-0.4, -0.2) is 81.7 Å². The highest BCUT2D eigenvalue weighted by atomic mass is 16.5. The molecule has 7 N–H and O–H groups in total. The Hall–Kier alpha value is -3.41. The van der Waals surface area contributed by atoms with Crippen LogP contribution in [0.4, 0.5) is 0 Å². The van der Waals surface area contributed by atoms with Crippen molar-refractivity contribution in [3.8, 4) is 11.5 Å². The average Bonchev–Trinajstić information content (AvgIpc) is 2.89. The third-order valence-electron chi connectivity index (χ3n) is 9.14. The second-order valence-electron chi connectivity index (χ2n) is 11.6. The van der Waals surface area contributed by atoms with Gasteiger partial charge >= 0.3 is 0 Å². The fraction of sp³-hybridized carbons (Fsp3) is 0.552. The quantitative estimate of drug-likeness (QED) is 0.282. The van der Waals surface area contributed by atoms with Crippen LogP contribution in [0, 0.1) is 11.8 Å². The standard InChI is InChI=1S/C29H37N3O8/c1-32(2)22-17-10-13-9-16-20(18(33)11-14(25(16)40-3)12-31-15-7-5-4-6-8-15)23(34)19(13)26(36)29(17,39)27(37)21(24(22)35)28(30)38/h11,13,15,17,22,31,33,35-36,39H,4-10,12H2,1-3H3,(H2,30,38)/t13-,17-,22-,29-/m0/s1. The second kappa shape index (κ2) is 10.2. The third-order valence-corrected chi connectivity index (χ3v) is 9.14. The van der Waals surface area contributed by atoms with Crippen molar-refractivity contribution in [1.29, 1.82) is 0 Å². The number of Topliss-reactive ketones (excluding diaryl/α,β-unsaturated/α-hetero) is 2. The number of fused-ring (bicyclic) bond motifs is 3. The van der Waals surface area contributed by atoms with E-state index in [4.69, 9.17) is 10.5 Å². The summed E-state index contributed by atoms with van der Waals surface area (Å²) < 4.78 is 5.76. The predicted octanol–water partition coefficient (Wildman–Crippen LogP) is 1.55. The number of benzene rings is 1. The van der Waals surface area contributed by atoms with Crippen LogP contribution in [0.2, 0.25) is 0 Å². The molecule has 1 amide bonds. The molecular weight excluding hydrogens is 518 g/mol. The highest BCUT2D eigenvalue weighted by Crippen LogP contribution is 2.53. The molecular formula is C29H37N3O8. The number of rotatable bonds is 6. The van der Waals surface area contributed by atoms with E-state index in [1.54, 1.807) is 14.1 Å². The molecule has 0 aromatic heterocycles. The Kier molecular flexibility index (Phi) is 7.18. The van der Waals surface area contributed by atoms with Gasteiger partial charge in [0.05, 0.1) is 18.7 Å². The fourth-order valence-electron chi connectivity index (χ4n) is 7.31. The van der Waals surface area contributed by atoms with E-state index < -0.39 is 58.0 Å². The molecule has 1 fully saturated rings. The molecule has 0 spiro atoms. The summed E-state index contributed by atoms with van der Waals surface area (Å²) in [5.41, 5.74) is 2.83. The number of carbonyl (C=O) groups excluding carboxylic acids is 3. The Bertz CT molecular complexity index is 1340. The van der Waals surface area contributed by atoms with Crippen molar-refractivity contribution in [3.63, 3.8) is 0 Å². The number of hydrogen-bond acceptors (Lipinski definition) is 10. The molecule has 1 aromatic rings. The van der Waals surface area contributed by atoms with Crippen LogP contribution < -0.4 is 15.8 Å². The Morgan fingerprint density at radius 1 is 1.18 bits per heavy atom. The number of hydrogen-bond donors (Lipinski definition) is 6. The minimum atomic E-state index is -2.66. The van der Waals surface area contributed by atoms with Crippen LogP contribution in [0.15, 0.2) is 28.7 Å². The van der Waals surface area contributed by atoms with Crippen molar-refractivity contribution in [2.24, 2.45) is 17.6 Å². The van der Waals surface area contributed by atoms with E-state index in [9.17, 15) is 34.8 Å². The van der Waals surface area contributed by atoms with Crippen LogP contribution in [0.5, 0.6) is 11.5 Å². The molecule has 0 saturated heterocycles. The number of amides is 1. The van der Waals surface area contributed by atoms with Gasteiger partial charge in [-0.15, -0.1) is 0 Å². The van der Waals surface area contributed by atoms with E-state index >= 15 is 0 Å². The van der Waals surface area contributed by atoms with Crippen LogP contribution in [0.25, 0.3) is 0 Å². The molecule has 0 heterocycles. The molecule has 1 aromatic carbocycles. The van der Waals surface area contributed by atoms with E-state index in [2.05, 4.69) is 5.32 Å². The lowest BCUT2D eigenvalue weighted by molar-refractivity contribution is -0.148. The van der Waals surface area contributed by atoms with Crippen molar-refractivity contribution in [3.05, 3.63) is 45.4 Å². The first-order valence-corrected chi connectivity index (χ1v) is 13.7. The Morgan fingerprint density at radius 2 is 1.85 bits per heavy atom. The Morgan fingerprint density at radius 3 is 2.45 bits per heavy atom. The lowest BCUT2D eigenvalue weighted by Crippen LogP contribution is -2.63. The lowest BCUT2D eigenvalue weighted by atomic mass is 9.58. The number of aliphatic hydroxyl groups excluding tert-OH is 2. The maximum absolute atomic E-state index is 13.9. The summed E-state index contributed by atoms with van der Waals surface area (Å²) in [6.07, 6.45) is 5.90. The number of primary amides is 1. The molecule has 4 aliphatic carbocycles. The summed E-state index contributed by atoms with van der Waals surface area (Å²) in [7, 11) is 4.69. The van der Waals surface area contributed by atoms with Gasteiger partial charge in [0.2, 0.25) is 5.78 Å². The van der Waals surface area contributed by atoms with Gasteiger partial charge in [0.1, 0.15) is 28.6 Å². The molecule has 216 valence electrons. The largest absolute Gasteiger partial charge is 0.510 e. The van der Waals surface area contributed by atoms with Crippen LogP contribution in [-0.2, 0) is 22.6 Å². The summed E-state index contributed by atoms with van der Waals surface area (Å²) in [6.45, 7) is 0.440. The van der Waals surface area contributed by atoms with Crippen LogP contribution in [0.3, 0.4) is 0 Å². The van der Waals surface area contributed by atoms with Gasteiger partial charge in [-0.05, 0) is 51.8 Å². The number of aromatic hydroxyl groups is 1. The van der Waals surface area contributed by atoms with E-state index in [0.29, 0.717) is 29.5 Å². The van der Waals surface area contributed by atoms with Gasteiger partial charge < -0.3 is 36.2 Å². The van der Waals surface area contributed by atoms with Crippen molar-refractivity contribution in [1.82, 2.24) is 10.2 Å². The number of ether oxygens (including phenoxy) is 1. The smallest absolute Gasteiger partial charge is 0.255 e. The zero-order valence-corrected chi connectivity index (χ0v) is 23.0. The van der Waals surface area contributed by atoms with Gasteiger partial charge in [-0.2, -0.15) is 0 Å². The molecule has 0 aliphatic heterocycles. The Balaban J connectivity index is 1.60. The number of likely N-dealkylation sites (N-methyl/N-ethyl adjacent to an activating group) is 1. The molecule has 0 radical (unpaired) electrons. The molecule has 5 rings (SSSR count). The maximum atomic E-state index is 13.9. The number of nitrogens with zero attached hydrogens (tertiary/aromatic N) is 1. The van der Waals surface area contributed by atoms with Crippen LogP contribution in [0.1, 0.15) is 60.0 Å². The predicted molar refractivity (Wildman–Crippen MR) is 144 cm³/mol. The summed E-state index contributed by atoms with van der Waals surface area (Å²) in [5.74, 6) is -6.26. The zero-order chi connectivity index (χ0) is 29.1. The normalized spacial score (nSPS) is 28.9. The minimum Gasteiger partial charge on any atom is -0.510 e. The summed E-state index contributed by atoms with van der Waals surface area (Å²) in [4.78, 5) is 40.9. The van der Waals surface area contributed by atoms with Gasteiger partial charge in [-0.1, -0.05) is 19.3 Å². The topological polar surface area (TPSA) is 183 Å². The molecule has 1 saturated carbocycles. The number of phenolic OH excluding ortho intramolecular Hbond substituents is 1. The summed E-state index contributed by atoms with van der Waals surface area (Å²) >= 11 is 0. The molecule has 40 heavy (non-hydrogen) atoms. The summed E-state index contributed by atoms with van der Waals surface area (Å²) in [6, 6.07) is 0.800. The molecule has 0 bridgehead atoms. The zero-order valence-electron chi connectivity index (χ0n) is 23.0. The van der Waals surface area contributed by atoms with E-state index in [1.165, 1.54) is 24.5 Å². The first-order valence-electron chi connectivity index (χ1n) is 13.7. The second-order valence-corrected chi connectivity index (χ2v) is 11.6. The molecule has 0 unspecified atom stereocenters. The number of aliphatic hydroxyl groups is 3. The van der Waals surface area contributed by atoms with E-state index in [-0.39, 0.29) is 29.7 Å². The highest BCUT2D eigenvalue weighted by Gasteiger charge is 2.63. The molecule has 11 heteroatoms. The first-order chi connectivity index (χ1) is 18.9. The fourth-order valence-corrected chi connectivity index (χ4v) is 7.31. The van der Waals surface area contributed by atoms with Crippen molar-refractivity contribution >= 4 is 17.5 Å². The first kappa shape index (κ1) is 28.1. The van der Waals surface area contributed by atoms with Gasteiger partial charge in [-0.25, -0.2) is 0 Å². The van der Waals surface area contributed by atoms with Gasteiger partial charge in [0.15, 0.2) is 11.4 Å². The number of carbonyl (C=O) groups is 3. The number of methoxy groups -OCH3 is 1. The third kappa shape index (κ3) is 4.10. The average molecular weight is 556 g/mol. The maximum Gasteiger partial charge on any atom is 0.255 e. The molecule has 4 aliphatic rings. The number of phenols is 1. The number of nitrogens with two attached hydrogens (primary N) is 1. The number of ketones is 2. The molecule has 11 nitrogen and oxygen atoms in total. The number of nitrogens with one attached hydrogen (secondary N) is 1. The number of allylic oxidation sites excluding steroid dienone is 1. The summed E-state index contributed by atoms with van der Waals surface area (Å²) in [5, 5.41) is 48.5. The van der Waals surface area contributed by atoms with E-state index in [0.717, 1.165) is 25.7 Å². The van der Waals surface area contributed by atoms with Crippen molar-refractivity contribution in [2.45, 2.75) is 69.2 Å². The molecule has 4 atom stereocenters. The monoisotopic (exact) mass is 555 g/mol. The van der Waals surface area contributed by atoms with Gasteiger partial charge in [0.25, 0.3) is 5.91 Å². The lowest BCUT2D eigenvalue weighted by Gasteiger charge is -2.50. The SMILES string of the molecule is COc1c(CNC2CCCCC2)cc(O)c2c1C[C@H]1C[C@H]3[C@H](N(C)C)C(O)=C(C(N)=O)C(=O)[C@@]3(O)C(O)=C1C2=O.